The van der Waals surface area contributed by atoms with Crippen molar-refractivity contribution in [1.82, 2.24) is 10.1 Å². The molecule has 74 valence electrons. The lowest BCUT2D eigenvalue weighted by Crippen LogP contribution is -1.81. The van der Waals surface area contributed by atoms with E-state index in [0.29, 0.717) is 9.72 Å². The summed E-state index contributed by atoms with van der Waals surface area (Å²) < 4.78 is 11.2. The van der Waals surface area contributed by atoms with Gasteiger partial charge in [-0.15, -0.1) is 0 Å². The van der Waals surface area contributed by atoms with Crippen molar-refractivity contribution in [3.63, 3.8) is 0 Å². The first kappa shape index (κ1) is 9.70. The molecule has 0 radical (unpaired) electrons. The maximum atomic E-state index is 5.48. The van der Waals surface area contributed by atoms with E-state index in [2.05, 4.69) is 10.1 Å². The van der Waals surface area contributed by atoms with E-state index >= 15 is 0 Å². The van der Waals surface area contributed by atoms with Crippen LogP contribution in [0.4, 0.5) is 0 Å². The Labute approximate surface area is 94.8 Å². The molecule has 2 heterocycles. The van der Waals surface area contributed by atoms with Gasteiger partial charge in [0.15, 0.2) is 0 Å². The number of halogens is 1. The van der Waals surface area contributed by atoms with Crippen LogP contribution in [0, 0.1) is 24.6 Å². The Morgan fingerprint density at radius 3 is 2.29 bits per heavy atom. The third-order valence-electron chi connectivity index (χ3n) is 2.18. The van der Waals surface area contributed by atoms with Gasteiger partial charge in [0.2, 0.25) is 3.83 Å². The average molecular weight is 304 g/mol. The maximum Gasteiger partial charge on any atom is 0.262 e. The van der Waals surface area contributed by atoms with Gasteiger partial charge in [-0.2, -0.15) is 4.98 Å². The summed E-state index contributed by atoms with van der Waals surface area (Å²) in [6.45, 7) is 5.80. The summed E-state index contributed by atoms with van der Waals surface area (Å²) in [4.78, 5) is 4.16. The van der Waals surface area contributed by atoms with Crippen LogP contribution in [0.15, 0.2) is 8.94 Å². The van der Waals surface area contributed by atoms with E-state index in [9.17, 15) is 0 Å². The van der Waals surface area contributed by atoms with Gasteiger partial charge in [0, 0.05) is 28.2 Å². The van der Waals surface area contributed by atoms with Crippen LogP contribution in [-0.2, 0) is 0 Å². The number of hydrogen-bond donors (Lipinski definition) is 0. The van der Waals surface area contributed by atoms with Gasteiger partial charge in [0.1, 0.15) is 11.5 Å². The highest BCUT2D eigenvalue weighted by Crippen LogP contribution is 2.30. The largest absolute Gasteiger partial charge is 0.466 e. The van der Waals surface area contributed by atoms with Crippen LogP contribution in [0.1, 0.15) is 17.1 Å². The van der Waals surface area contributed by atoms with Crippen LogP contribution in [0.5, 0.6) is 0 Å². The molecule has 0 amide bonds. The molecule has 14 heavy (non-hydrogen) atoms. The van der Waals surface area contributed by atoms with Crippen LogP contribution >= 0.6 is 22.6 Å². The van der Waals surface area contributed by atoms with Gasteiger partial charge in [-0.1, -0.05) is 5.16 Å². The molecule has 5 heteroatoms. The summed E-state index contributed by atoms with van der Waals surface area (Å²) in [5.41, 5.74) is 1.97. The van der Waals surface area contributed by atoms with Crippen LogP contribution in [-0.4, -0.2) is 10.1 Å². The van der Waals surface area contributed by atoms with Crippen molar-refractivity contribution in [1.29, 1.82) is 0 Å². The molecule has 0 aliphatic rings. The van der Waals surface area contributed by atoms with Gasteiger partial charge in [0.05, 0.1) is 5.56 Å². The molecule has 0 aliphatic heterocycles. The minimum atomic E-state index is 0.529. The molecule has 0 atom stereocenters. The highest BCUT2D eigenvalue weighted by Gasteiger charge is 2.18. The molecular weight excluding hydrogens is 295 g/mol. The Balaban J connectivity index is 2.61. The van der Waals surface area contributed by atoms with Crippen molar-refractivity contribution < 1.29 is 8.94 Å². The second-order valence-electron chi connectivity index (χ2n) is 3.08. The summed E-state index contributed by atoms with van der Waals surface area (Å²) in [5, 5.41) is 3.74. The van der Waals surface area contributed by atoms with Crippen LogP contribution in [0.2, 0.25) is 0 Å². The monoisotopic (exact) mass is 304 g/mol. The second-order valence-corrected chi connectivity index (χ2v) is 4.05. The van der Waals surface area contributed by atoms with Gasteiger partial charge in [-0.3, -0.25) is 0 Å². The standard InChI is InChI=1S/C9H9IN2O2/c1-4-5(2)13-6(3)7(4)8-11-9(10)12-14-8/h1-3H3. The zero-order chi connectivity index (χ0) is 10.3. The van der Waals surface area contributed by atoms with Gasteiger partial charge < -0.3 is 8.94 Å². The third kappa shape index (κ3) is 1.45. The predicted molar refractivity (Wildman–Crippen MR) is 58.9 cm³/mol. The fourth-order valence-electron chi connectivity index (χ4n) is 1.42. The summed E-state index contributed by atoms with van der Waals surface area (Å²) >= 11 is 2.01. The molecule has 0 bridgehead atoms. The third-order valence-corrected chi connectivity index (χ3v) is 2.61. The molecule has 0 fully saturated rings. The smallest absolute Gasteiger partial charge is 0.262 e. The Bertz CT molecular complexity index is 473. The van der Waals surface area contributed by atoms with Crippen molar-refractivity contribution in [2.24, 2.45) is 0 Å². The molecule has 4 nitrogen and oxygen atoms in total. The summed E-state index contributed by atoms with van der Waals surface area (Å²) in [6, 6.07) is 0. The molecule has 0 unspecified atom stereocenters. The quantitative estimate of drug-likeness (QED) is 0.760. The number of hydrogen-bond acceptors (Lipinski definition) is 4. The first-order valence-corrected chi connectivity index (χ1v) is 5.23. The molecule has 2 rings (SSSR count). The van der Waals surface area contributed by atoms with Crippen molar-refractivity contribution >= 4 is 22.6 Å². The lowest BCUT2D eigenvalue weighted by Gasteiger charge is -1.91. The maximum absolute atomic E-state index is 5.48. The first-order valence-electron chi connectivity index (χ1n) is 4.15. The fraction of sp³-hybridized carbons (Fsp3) is 0.333. The van der Waals surface area contributed by atoms with E-state index in [0.717, 1.165) is 22.6 Å². The van der Waals surface area contributed by atoms with Gasteiger partial charge in [0.25, 0.3) is 5.89 Å². The van der Waals surface area contributed by atoms with Crippen molar-refractivity contribution in [2.75, 3.05) is 0 Å². The van der Waals surface area contributed by atoms with E-state index in [-0.39, 0.29) is 0 Å². The van der Waals surface area contributed by atoms with Crippen LogP contribution < -0.4 is 0 Å². The highest BCUT2D eigenvalue weighted by molar-refractivity contribution is 14.1. The fourth-order valence-corrected chi connectivity index (χ4v) is 1.73. The lowest BCUT2D eigenvalue weighted by molar-refractivity contribution is 0.424. The molecule has 0 N–H and O–H groups in total. The average Bonchev–Trinajstić information content (AvgIpc) is 2.60. The van der Waals surface area contributed by atoms with Crippen LogP contribution in [0.3, 0.4) is 0 Å². The molecule has 0 saturated carbocycles. The normalized spacial score (nSPS) is 10.9. The molecule has 0 spiro atoms. The molecule has 0 aromatic carbocycles. The Kier molecular flexibility index (Phi) is 2.34. The lowest BCUT2D eigenvalue weighted by atomic mass is 10.1. The Morgan fingerprint density at radius 2 is 1.86 bits per heavy atom. The molecule has 0 aliphatic carbocycles. The number of rotatable bonds is 1. The van der Waals surface area contributed by atoms with Crippen molar-refractivity contribution in [2.45, 2.75) is 20.8 Å². The molecule has 0 saturated heterocycles. The number of aryl methyl sites for hydroxylation is 2. The van der Waals surface area contributed by atoms with E-state index in [1.807, 2.05) is 43.4 Å². The summed E-state index contributed by atoms with van der Waals surface area (Å²) in [5.74, 6) is 2.24. The van der Waals surface area contributed by atoms with Crippen molar-refractivity contribution in [3.05, 3.63) is 20.9 Å². The molecule has 2 aromatic heterocycles. The van der Waals surface area contributed by atoms with Gasteiger partial charge >= 0.3 is 0 Å². The zero-order valence-corrected chi connectivity index (χ0v) is 10.2. The second kappa shape index (κ2) is 3.38. The topological polar surface area (TPSA) is 52.1 Å². The van der Waals surface area contributed by atoms with E-state index < -0.39 is 0 Å². The van der Waals surface area contributed by atoms with E-state index in [1.165, 1.54) is 0 Å². The molecule has 2 aromatic rings. The number of aromatic nitrogens is 2. The predicted octanol–water partition coefficient (Wildman–Crippen LogP) is 2.86. The molecular formula is C9H9IN2O2. The summed E-state index contributed by atoms with van der Waals surface area (Å²) in [7, 11) is 0. The zero-order valence-electron chi connectivity index (χ0n) is 8.09. The van der Waals surface area contributed by atoms with Gasteiger partial charge in [-0.05, 0) is 20.8 Å². The highest BCUT2D eigenvalue weighted by atomic mass is 127. The van der Waals surface area contributed by atoms with Crippen molar-refractivity contribution in [3.8, 4) is 11.5 Å². The Morgan fingerprint density at radius 1 is 1.14 bits per heavy atom. The van der Waals surface area contributed by atoms with Crippen LogP contribution in [0.25, 0.3) is 11.5 Å². The minimum Gasteiger partial charge on any atom is -0.466 e. The first-order chi connectivity index (χ1) is 6.59. The minimum absolute atomic E-state index is 0.529. The van der Waals surface area contributed by atoms with E-state index in [1.54, 1.807) is 0 Å². The SMILES string of the molecule is Cc1oc(C)c(-c2nc(I)no2)c1C. The number of furan rings is 1. The number of nitrogens with zero attached hydrogens (tertiary/aromatic N) is 2. The van der Waals surface area contributed by atoms with Gasteiger partial charge in [-0.25, -0.2) is 0 Å². The summed E-state index contributed by atoms with van der Waals surface area (Å²) in [6.07, 6.45) is 0. The Hall–Kier alpha value is -0.850. The van der Waals surface area contributed by atoms with E-state index in [4.69, 9.17) is 8.94 Å².